The van der Waals surface area contributed by atoms with Crippen molar-refractivity contribution >= 4 is 17.8 Å². The highest BCUT2D eigenvalue weighted by molar-refractivity contribution is 5.93. The zero-order valence-corrected chi connectivity index (χ0v) is 17.2. The summed E-state index contributed by atoms with van der Waals surface area (Å²) in [6, 6.07) is 11.1. The summed E-state index contributed by atoms with van der Waals surface area (Å²) in [4.78, 5) is 18.5. The predicted molar refractivity (Wildman–Crippen MR) is 112 cm³/mol. The van der Waals surface area contributed by atoms with Gasteiger partial charge in [-0.3, -0.25) is 9.78 Å². The highest BCUT2D eigenvalue weighted by Gasteiger charge is 2.24. The predicted octanol–water partition coefficient (Wildman–Crippen LogP) is 1.72. The van der Waals surface area contributed by atoms with E-state index in [1.807, 2.05) is 18.2 Å². The number of carbonyl (C=O) groups excluding carboxylic acids is 1. The Bertz CT molecular complexity index is 845. The molecule has 1 saturated heterocycles. The average molecular weight is 398 g/mol. The van der Waals surface area contributed by atoms with Crippen molar-refractivity contribution in [3.8, 4) is 5.75 Å². The van der Waals surface area contributed by atoms with Gasteiger partial charge < -0.3 is 18.9 Å². The molecule has 0 bridgehead atoms. The van der Waals surface area contributed by atoms with Crippen LogP contribution in [0.5, 0.6) is 5.75 Å². The molecule has 8 nitrogen and oxygen atoms in total. The van der Waals surface area contributed by atoms with Crippen LogP contribution in [0.15, 0.2) is 47.7 Å². The van der Waals surface area contributed by atoms with Gasteiger partial charge in [0.15, 0.2) is 6.79 Å². The molecule has 0 unspecified atom stereocenters. The average Bonchev–Trinajstić information content (AvgIpc) is 2.73. The second-order valence-electron chi connectivity index (χ2n) is 7.56. The van der Waals surface area contributed by atoms with E-state index in [1.54, 1.807) is 37.7 Å². The maximum Gasteiger partial charge on any atom is 0.289 e. The second kappa shape index (κ2) is 9.49. The summed E-state index contributed by atoms with van der Waals surface area (Å²) in [6.07, 6.45) is 3.15. The minimum atomic E-state index is -0.367. The van der Waals surface area contributed by atoms with Gasteiger partial charge in [0.05, 0.1) is 46.5 Å². The number of hydrazone groups is 1. The van der Waals surface area contributed by atoms with Crippen molar-refractivity contribution in [1.29, 1.82) is 0 Å². The number of amides is 1. The number of quaternary nitrogens is 1. The first kappa shape index (κ1) is 20.8. The summed E-state index contributed by atoms with van der Waals surface area (Å²) >= 11 is 0. The van der Waals surface area contributed by atoms with Crippen molar-refractivity contribution in [1.82, 2.24) is 10.4 Å². The minimum Gasteiger partial charge on any atom is -0.467 e. The number of aromatic nitrogens is 1. The Morgan fingerprint density at radius 2 is 2.07 bits per heavy atom. The second-order valence-corrected chi connectivity index (χ2v) is 7.56. The van der Waals surface area contributed by atoms with Gasteiger partial charge in [-0.2, -0.15) is 5.10 Å². The van der Waals surface area contributed by atoms with E-state index < -0.39 is 0 Å². The number of anilines is 1. The van der Waals surface area contributed by atoms with Gasteiger partial charge >= 0.3 is 0 Å². The van der Waals surface area contributed by atoms with Crippen molar-refractivity contribution in [2.75, 3.05) is 59.1 Å². The van der Waals surface area contributed by atoms with E-state index in [0.717, 1.165) is 41.9 Å². The maximum absolute atomic E-state index is 12.1. The molecule has 0 saturated carbocycles. The van der Waals surface area contributed by atoms with E-state index in [2.05, 4.69) is 34.5 Å². The summed E-state index contributed by atoms with van der Waals surface area (Å²) in [5.74, 6) is 0.271. The van der Waals surface area contributed by atoms with Gasteiger partial charge in [-0.1, -0.05) is 6.07 Å². The van der Waals surface area contributed by atoms with E-state index >= 15 is 0 Å². The highest BCUT2D eigenvalue weighted by Crippen LogP contribution is 2.25. The molecule has 0 radical (unpaired) electrons. The van der Waals surface area contributed by atoms with E-state index in [9.17, 15) is 4.79 Å². The first-order valence-electron chi connectivity index (χ1n) is 9.56. The third kappa shape index (κ3) is 5.75. The van der Waals surface area contributed by atoms with Crippen molar-refractivity contribution in [2.24, 2.45) is 5.10 Å². The first-order chi connectivity index (χ1) is 14.0. The standard InChI is InChI=1S/C21H27N5O3/c1-26(2)12-10-25(11-13-26)18-7-8-20(29-16-28-3)17(14-18)15-23-24-21(27)19-6-4-5-9-22-19/h4-9,14-15H,10-13,16H2,1-3H3/p+1. The number of nitrogens with one attached hydrogen (secondary N) is 1. The summed E-state index contributed by atoms with van der Waals surface area (Å²) in [6.45, 7) is 4.28. The highest BCUT2D eigenvalue weighted by atomic mass is 16.7. The number of pyridine rings is 1. The van der Waals surface area contributed by atoms with Crippen LogP contribution >= 0.6 is 0 Å². The lowest BCUT2D eigenvalue weighted by Gasteiger charge is -2.40. The Morgan fingerprint density at radius 3 is 2.76 bits per heavy atom. The number of benzene rings is 1. The van der Waals surface area contributed by atoms with Crippen LogP contribution < -0.4 is 15.1 Å². The third-order valence-corrected chi connectivity index (χ3v) is 4.91. The maximum atomic E-state index is 12.1. The zero-order chi connectivity index (χ0) is 20.7. The first-order valence-corrected chi connectivity index (χ1v) is 9.56. The molecule has 2 aromatic rings. The molecule has 0 spiro atoms. The van der Waals surface area contributed by atoms with Crippen LogP contribution in [0.4, 0.5) is 5.69 Å². The molecular weight excluding hydrogens is 370 g/mol. The van der Waals surface area contributed by atoms with E-state index in [0.29, 0.717) is 11.4 Å². The molecule has 0 atom stereocenters. The minimum absolute atomic E-state index is 0.135. The molecule has 3 rings (SSSR count). The number of hydrogen-bond donors (Lipinski definition) is 1. The number of carbonyl (C=O) groups is 1. The summed E-state index contributed by atoms with van der Waals surface area (Å²) in [5, 5.41) is 4.09. The Labute approximate surface area is 171 Å². The number of rotatable bonds is 7. The van der Waals surface area contributed by atoms with Crippen molar-refractivity contribution in [3.63, 3.8) is 0 Å². The van der Waals surface area contributed by atoms with Crippen molar-refractivity contribution in [2.45, 2.75) is 0 Å². The molecule has 1 amide bonds. The lowest BCUT2D eigenvalue weighted by Crippen LogP contribution is -2.54. The Hall–Kier alpha value is -2.97. The van der Waals surface area contributed by atoms with E-state index in [-0.39, 0.29) is 12.7 Å². The van der Waals surface area contributed by atoms with Gasteiger partial charge in [0, 0.05) is 24.6 Å². The fraction of sp³-hybridized carbons (Fsp3) is 0.381. The molecule has 1 aliphatic heterocycles. The van der Waals surface area contributed by atoms with Crippen LogP contribution in [0.25, 0.3) is 0 Å². The lowest BCUT2D eigenvalue weighted by molar-refractivity contribution is -0.890. The van der Waals surface area contributed by atoms with Gasteiger partial charge in [0.25, 0.3) is 5.91 Å². The molecule has 1 N–H and O–H groups in total. The summed E-state index contributed by atoms with van der Waals surface area (Å²) in [7, 11) is 6.08. The molecule has 1 fully saturated rings. The third-order valence-electron chi connectivity index (χ3n) is 4.91. The van der Waals surface area contributed by atoms with Gasteiger partial charge in [0.2, 0.25) is 0 Å². The molecular formula is C21H28N5O3+. The SMILES string of the molecule is COCOc1ccc(N2CC[N+](C)(C)CC2)cc1C=NNC(=O)c1ccccn1. The van der Waals surface area contributed by atoms with Crippen molar-refractivity contribution < 1.29 is 18.8 Å². The number of likely N-dealkylation sites (N-methyl/N-ethyl adjacent to an activating group) is 1. The van der Waals surface area contributed by atoms with Crippen LogP contribution in [0.1, 0.15) is 16.1 Å². The van der Waals surface area contributed by atoms with Gasteiger partial charge in [-0.05, 0) is 30.3 Å². The smallest absolute Gasteiger partial charge is 0.289 e. The molecule has 2 heterocycles. The molecule has 1 aromatic carbocycles. The normalized spacial score (nSPS) is 16.0. The molecule has 0 aliphatic carbocycles. The Morgan fingerprint density at radius 1 is 1.28 bits per heavy atom. The molecule has 1 aromatic heterocycles. The fourth-order valence-corrected chi connectivity index (χ4v) is 3.07. The summed E-state index contributed by atoms with van der Waals surface area (Å²) < 4.78 is 11.7. The number of hydrogen-bond acceptors (Lipinski definition) is 6. The lowest BCUT2D eigenvalue weighted by atomic mass is 10.1. The molecule has 154 valence electrons. The van der Waals surface area contributed by atoms with Crippen LogP contribution in [0.3, 0.4) is 0 Å². The molecule has 29 heavy (non-hydrogen) atoms. The van der Waals surface area contributed by atoms with Gasteiger partial charge in [-0.25, -0.2) is 5.43 Å². The summed E-state index contributed by atoms with van der Waals surface area (Å²) in [5.41, 5.74) is 4.68. The fourth-order valence-electron chi connectivity index (χ4n) is 3.07. The Kier molecular flexibility index (Phi) is 6.79. The Balaban J connectivity index is 1.74. The number of piperazine rings is 1. The van der Waals surface area contributed by atoms with Crippen LogP contribution in [-0.4, -0.2) is 75.8 Å². The van der Waals surface area contributed by atoms with E-state index in [1.165, 1.54) is 0 Å². The number of ether oxygens (including phenoxy) is 2. The van der Waals surface area contributed by atoms with Crippen molar-refractivity contribution in [3.05, 3.63) is 53.9 Å². The number of nitrogens with zero attached hydrogens (tertiary/aromatic N) is 4. The molecule has 8 heteroatoms. The van der Waals surface area contributed by atoms with Gasteiger partial charge in [-0.15, -0.1) is 0 Å². The van der Waals surface area contributed by atoms with Crippen LogP contribution in [0, 0.1) is 0 Å². The number of methoxy groups -OCH3 is 1. The largest absolute Gasteiger partial charge is 0.467 e. The quantitative estimate of drug-likeness (QED) is 0.333. The van der Waals surface area contributed by atoms with Gasteiger partial charge in [0.1, 0.15) is 11.4 Å². The zero-order valence-electron chi connectivity index (χ0n) is 17.2. The monoisotopic (exact) mass is 398 g/mol. The topological polar surface area (TPSA) is 76.1 Å². The van der Waals surface area contributed by atoms with Crippen LogP contribution in [0.2, 0.25) is 0 Å². The van der Waals surface area contributed by atoms with Crippen LogP contribution in [-0.2, 0) is 4.74 Å². The van der Waals surface area contributed by atoms with E-state index in [4.69, 9.17) is 9.47 Å². The molecule has 1 aliphatic rings.